The van der Waals surface area contributed by atoms with Crippen LogP contribution in [0.25, 0.3) is 10.9 Å². The number of hydrogen-bond acceptors (Lipinski definition) is 3. The molecular weight excluding hydrogens is 314 g/mol. The zero-order valence-corrected chi connectivity index (χ0v) is 15.3. The number of amides is 2. The minimum Gasteiger partial charge on any atom is -0.350 e. The van der Waals surface area contributed by atoms with E-state index in [0.717, 1.165) is 41.4 Å². The number of nitrogens with zero attached hydrogens (tertiary/aromatic N) is 1. The van der Waals surface area contributed by atoms with Gasteiger partial charge in [-0.05, 0) is 58.6 Å². The summed E-state index contributed by atoms with van der Waals surface area (Å²) >= 11 is 0. The molecule has 1 aliphatic carbocycles. The predicted octanol–water partition coefficient (Wildman–Crippen LogP) is 2.76. The van der Waals surface area contributed by atoms with Gasteiger partial charge in [0.25, 0.3) is 5.91 Å². The number of para-hydroxylation sites is 1. The highest BCUT2D eigenvalue weighted by Crippen LogP contribution is 2.29. The van der Waals surface area contributed by atoms with E-state index < -0.39 is 6.04 Å². The fourth-order valence-electron chi connectivity index (χ4n) is 3.28. The Hall–Kier alpha value is -2.43. The van der Waals surface area contributed by atoms with Gasteiger partial charge in [0.1, 0.15) is 6.04 Å². The van der Waals surface area contributed by atoms with Gasteiger partial charge in [-0.15, -0.1) is 0 Å². The van der Waals surface area contributed by atoms with Gasteiger partial charge in [-0.25, -0.2) is 0 Å². The second kappa shape index (κ2) is 6.47. The van der Waals surface area contributed by atoms with Crippen LogP contribution in [-0.4, -0.2) is 28.4 Å². The van der Waals surface area contributed by atoms with Crippen LogP contribution in [0, 0.1) is 0 Å². The van der Waals surface area contributed by atoms with Crippen molar-refractivity contribution in [3.8, 4) is 0 Å². The molecule has 1 heterocycles. The molecule has 0 bridgehead atoms. The Bertz CT molecular complexity index is 837. The molecule has 1 aromatic heterocycles. The van der Waals surface area contributed by atoms with E-state index >= 15 is 0 Å². The van der Waals surface area contributed by atoms with E-state index in [9.17, 15) is 9.59 Å². The Labute approximate surface area is 148 Å². The monoisotopic (exact) mass is 339 g/mol. The van der Waals surface area contributed by atoms with Gasteiger partial charge in [-0.2, -0.15) is 0 Å². The Balaban J connectivity index is 1.91. The van der Waals surface area contributed by atoms with E-state index in [1.54, 1.807) is 6.92 Å². The molecule has 0 fully saturated rings. The molecule has 2 N–H and O–H groups in total. The summed E-state index contributed by atoms with van der Waals surface area (Å²) in [6, 6.07) is 7.10. The Kier molecular flexibility index (Phi) is 4.50. The summed E-state index contributed by atoms with van der Waals surface area (Å²) in [7, 11) is 0. The predicted molar refractivity (Wildman–Crippen MR) is 98.6 cm³/mol. The topological polar surface area (TPSA) is 71.1 Å². The number of aryl methyl sites for hydroxylation is 1. The quantitative estimate of drug-likeness (QED) is 0.903. The van der Waals surface area contributed by atoms with Crippen molar-refractivity contribution in [2.75, 3.05) is 0 Å². The van der Waals surface area contributed by atoms with Crippen molar-refractivity contribution >= 4 is 22.7 Å². The number of rotatable bonds is 3. The average Bonchev–Trinajstić information content (AvgIpc) is 2.98. The summed E-state index contributed by atoms with van der Waals surface area (Å²) in [4.78, 5) is 30.0. The normalized spacial score (nSPS) is 14.9. The van der Waals surface area contributed by atoms with Gasteiger partial charge in [-0.1, -0.05) is 18.2 Å². The maximum atomic E-state index is 13.0. The SMILES string of the molecule is C[C@H](NC(=O)c1c2c(nc3ccccc13)CCC2)C(=O)NC(C)(C)C. The number of hydrogen-bond donors (Lipinski definition) is 2. The molecule has 0 spiro atoms. The largest absolute Gasteiger partial charge is 0.350 e. The average molecular weight is 339 g/mol. The molecule has 1 aliphatic rings. The van der Waals surface area contributed by atoms with Crippen LogP contribution in [0.2, 0.25) is 0 Å². The van der Waals surface area contributed by atoms with E-state index in [-0.39, 0.29) is 17.4 Å². The van der Waals surface area contributed by atoms with Crippen LogP contribution in [0.3, 0.4) is 0 Å². The van der Waals surface area contributed by atoms with Crippen molar-refractivity contribution in [1.82, 2.24) is 15.6 Å². The Morgan fingerprint density at radius 1 is 1.16 bits per heavy atom. The molecule has 5 heteroatoms. The molecule has 2 aromatic rings. The summed E-state index contributed by atoms with van der Waals surface area (Å²) in [5, 5.41) is 6.61. The smallest absolute Gasteiger partial charge is 0.252 e. The maximum absolute atomic E-state index is 13.0. The van der Waals surface area contributed by atoms with Crippen molar-refractivity contribution in [3.05, 3.63) is 41.1 Å². The zero-order valence-electron chi connectivity index (χ0n) is 15.3. The molecule has 0 saturated heterocycles. The highest BCUT2D eigenvalue weighted by atomic mass is 16.2. The number of fused-ring (bicyclic) bond motifs is 2. The number of benzene rings is 1. The first-order chi connectivity index (χ1) is 11.8. The molecule has 0 radical (unpaired) electrons. The van der Waals surface area contributed by atoms with Crippen LogP contribution >= 0.6 is 0 Å². The third-order valence-corrected chi connectivity index (χ3v) is 4.39. The lowest BCUT2D eigenvalue weighted by atomic mass is 10.00. The van der Waals surface area contributed by atoms with Gasteiger partial charge >= 0.3 is 0 Å². The number of aromatic nitrogens is 1. The van der Waals surface area contributed by atoms with E-state index in [1.165, 1.54) is 0 Å². The first kappa shape index (κ1) is 17.4. The summed E-state index contributed by atoms with van der Waals surface area (Å²) < 4.78 is 0. The molecule has 2 amide bonds. The summed E-state index contributed by atoms with van der Waals surface area (Å²) in [6.45, 7) is 7.47. The van der Waals surface area contributed by atoms with Crippen molar-refractivity contribution < 1.29 is 9.59 Å². The molecule has 0 unspecified atom stereocenters. The van der Waals surface area contributed by atoms with Gasteiger partial charge in [0.05, 0.1) is 11.1 Å². The van der Waals surface area contributed by atoms with Crippen LogP contribution in [0.4, 0.5) is 0 Å². The van der Waals surface area contributed by atoms with E-state index in [2.05, 4.69) is 10.6 Å². The van der Waals surface area contributed by atoms with Crippen LogP contribution < -0.4 is 10.6 Å². The highest BCUT2D eigenvalue weighted by molar-refractivity contribution is 6.09. The Morgan fingerprint density at radius 2 is 1.88 bits per heavy atom. The standard InChI is InChI=1S/C20H25N3O2/c1-12(18(24)23-20(2,3)4)21-19(25)17-13-8-5-6-10-15(13)22-16-11-7-9-14(16)17/h5-6,8,10,12H,7,9,11H2,1-4H3,(H,21,25)(H,23,24)/t12-/m0/s1. The number of pyridine rings is 1. The van der Waals surface area contributed by atoms with Gasteiger partial charge in [-0.3, -0.25) is 14.6 Å². The number of carbonyl (C=O) groups excluding carboxylic acids is 2. The third-order valence-electron chi connectivity index (χ3n) is 4.39. The first-order valence-corrected chi connectivity index (χ1v) is 8.79. The minimum absolute atomic E-state index is 0.184. The lowest BCUT2D eigenvalue weighted by Crippen LogP contribution is -2.51. The molecule has 25 heavy (non-hydrogen) atoms. The number of nitrogens with one attached hydrogen (secondary N) is 2. The van der Waals surface area contributed by atoms with E-state index in [0.29, 0.717) is 5.56 Å². The second-order valence-corrected chi connectivity index (χ2v) is 7.72. The first-order valence-electron chi connectivity index (χ1n) is 8.79. The van der Waals surface area contributed by atoms with Gasteiger partial charge in [0, 0.05) is 16.6 Å². The van der Waals surface area contributed by atoms with Crippen LogP contribution in [0.15, 0.2) is 24.3 Å². The summed E-state index contributed by atoms with van der Waals surface area (Å²) in [5.41, 5.74) is 3.21. The van der Waals surface area contributed by atoms with Crippen molar-refractivity contribution in [1.29, 1.82) is 0 Å². The zero-order chi connectivity index (χ0) is 18.2. The fourth-order valence-corrected chi connectivity index (χ4v) is 3.28. The van der Waals surface area contributed by atoms with Crippen molar-refractivity contribution in [3.63, 3.8) is 0 Å². The molecule has 1 aromatic carbocycles. The molecule has 132 valence electrons. The van der Waals surface area contributed by atoms with Crippen molar-refractivity contribution in [2.24, 2.45) is 0 Å². The van der Waals surface area contributed by atoms with Crippen LogP contribution in [0.1, 0.15) is 55.7 Å². The summed E-state index contributed by atoms with van der Waals surface area (Å²) in [6.07, 6.45) is 2.78. The number of carbonyl (C=O) groups is 2. The molecule has 0 saturated carbocycles. The van der Waals surface area contributed by atoms with Gasteiger partial charge < -0.3 is 10.6 Å². The van der Waals surface area contributed by atoms with E-state index in [4.69, 9.17) is 4.98 Å². The minimum atomic E-state index is -0.601. The molecular formula is C20H25N3O2. The third kappa shape index (κ3) is 3.65. The van der Waals surface area contributed by atoms with Crippen LogP contribution in [0.5, 0.6) is 0 Å². The lowest BCUT2D eigenvalue weighted by Gasteiger charge is -2.24. The molecule has 3 rings (SSSR count). The maximum Gasteiger partial charge on any atom is 0.252 e. The lowest BCUT2D eigenvalue weighted by molar-refractivity contribution is -0.124. The highest BCUT2D eigenvalue weighted by Gasteiger charge is 2.26. The fraction of sp³-hybridized carbons (Fsp3) is 0.450. The van der Waals surface area contributed by atoms with E-state index in [1.807, 2.05) is 45.0 Å². The van der Waals surface area contributed by atoms with Gasteiger partial charge in [0.15, 0.2) is 0 Å². The Morgan fingerprint density at radius 3 is 2.60 bits per heavy atom. The summed E-state index contributed by atoms with van der Waals surface area (Å²) in [5.74, 6) is -0.385. The van der Waals surface area contributed by atoms with Gasteiger partial charge in [0.2, 0.25) is 5.91 Å². The van der Waals surface area contributed by atoms with Crippen molar-refractivity contribution in [2.45, 2.75) is 58.5 Å². The molecule has 1 atom stereocenters. The second-order valence-electron chi connectivity index (χ2n) is 7.72. The van der Waals surface area contributed by atoms with Crippen LogP contribution in [-0.2, 0) is 17.6 Å². The molecule has 5 nitrogen and oxygen atoms in total. The molecule has 0 aliphatic heterocycles.